The molecule has 21 heavy (non-hydrogen) atoms. The maximum atomic E-state index is 13.5. The largest absolute Gasteiger partial charge is 0.389 e. The van der Waals surface area contributed by atoms with Crippen LogP contribution in [0.2, 0.25) is 0 Å². The van der Waals surface area contributed by atoms with Crippen LogP contribution in [0.25, 0.3) is 0 Å². The van der Waals surface area contributed by atoms with Crippen LogP contribution >= 0.6 is 12.2 Å². The molecule has 9 heteroatoms. The van der Waals surface area contributed by atoms with Gasteiger partial charge in [0.1, 0.15) is 10.8 Å². The van der Waals surface area contributed by atoms with Gasteiger partial charge in [-0.05, 0) is 18.2 Å². The predicted octanol–water partition coefficient (Wildman–Crippen LogP) is -0.0295. The molecule has 0 atom stereocenters. The number of benzene rings is 1. The van der Waals surface area contributed by atoms with Crippen LogP contribution in [-0.4, -0.2) is 43.3 Å². The van der Waals surface area contributed by atoms with Gasteiger partial charge >= 0.3 is 0 Å². The predicted molar refractivity (Wildman–Crippen MR) is 78.7 cm³/mol. The molecule has 1 heterocycles. The Morgan fingerprint density at radius 3 is 2.76 bits per heavy atom. The molecule has 1 fully saturated rings. The summed E-state index contributed by atoms with van der Waals surface area (Å²) in [5, 5.41) is 2.59. The average Bonchev–Trinajstić information content (AvgIpc) is 2.63. The number of amides is 1. The quantitative estimate of drug-likeness (QED) is 0.759. The van der Waals surface area contributed by atoms with Crippen LogP contribution in [0.15, 0.2) is 23.1 Å². The number of carbonyl (C=O) groups excluding carboxylic acids is 1. The van der Waals surface area contributed by atoms with Crippen molar-refractivity contribution in [3.05, 3.63) is 29.6 Å². The Bertz CT molecular complexity index is 691. The molecule has 3 N–H and O–H groups in total. The number of nitrogens with zero attached hydrogens (tertiary/aromatic N) is 1. The van der Waals surface area contributed by atoms with E-state index in [9.17, 15) is 17.6 Å². The van der Waals surface area contributed by atoms with E-state index in [0.717, 1.165) is 18.2 Å². The highest BCUT2D eigenvalue weighted by atomic mass is 32.2. The lowest BCUT2D eigenvalue weighted by molar-refractivity contribution is -0.120. The highest BCUT2D eigenvalue weighted by Gasteiger charge is 2.27. The van der Waals surface area contributed by atoms with Gasteiger partial charge in [0.15, 0.2) is 0 Å². The standard InChI is InChI=1S/C12H14FN3O3S2/c13-10-2-1-8(7-9(10)12(14)20)21(18,19)16-5-3-11(17)15-4-6-16/h1-2,7H,3-6H2,(H2,14,20)(H,15,17). The van der Waals surface area contributed by atoms with E-state index in [-0.39, 0.29) is 47.4 Å². The summed E-state index contributed by atoms with van der Waals surface area (Å²) in [7, 11) is -3.82. The van der Waals surface area contributed by atoms with E-state index in [1.54, 1.807) is 0 Å². The first-order valence-corrected chi connectivity index (χ1v) is 8.03. The minimum atomic E-state index is -3.82. The van der Waals surface area contributed by atoms with Gasteiger partial charge < -0.3 is 11.1 Å². The summed E-state index contributed by atoms with van der Waals surface area (Å²) in [5.41, 5.74) is 5.26. The molecule has 1 saturated heterocycles. The Labute approximate surface area is 127 Å². The van der Waals surface area contributed by atoms with Gasteiger partial charge in [-0.3, -0.25) is 4.79 Å². The van der Waals surface area contributed by atoms with Gasteiger partial charge in [-0.1, -0.05) is 12.2 Å². The van der Waals surface area contributed by atoms with Gasteiger partial charge in [0.2, 0.25) is 15.9 Å². The number of rotatable bonds is 3. The van der Waals surface area contributed by atoms with Crippen molar-refractivity contribution in [1.29, 1.82) is 0 Å². The first-order valence-electron chi connectivity index (χ1n) is 6.18. The fourth-order valence-electron chi connectivity index (χ4n) is 1.99. The molecule has 1 aromatic carbocycles. The Morgan fingerprint density at radius 1 is 1.38 bits per heavy atom. The molecule has 0 saturated carbocycles. The molecule has 1 aromatic rings. The van der Waals surface area contributed by atoms with Crippen molar-refractivity contribution in [2.24, 2.45) is 5.73 Å². The van der Waals surface area contributed by atoms with Crippen LogP contribution in [0.3, 0.4) is 0 Å². The number of sulfonamides is 1. The topological polar surface area (TPSA) is 92.5 Å². The second-order valence-corrected chi connectivity index (χ2v) is 6.89. The first kappa shape index (κ1) is 15.8. The van der Waals surface area contributed by atoms with Crippen molar-refractivity contribution in [3.8, 4) is 0 Å². The molecule has 0 unspecified atom stereocenters. The van der Waals surface area contributed by atoms with Crippen molar-refractivity contribution >= 4 is 33.1 Å². The molecule has 0 bridgehead atoms. The molecule has 1 aliphatic rings. The van der Waals surface area contributed by atoms with Crippen molar-refractivity contribution in [2.75, 3.05) is 19.6 Å². The van der Waals surface area contributed by atoms with E-state index in [2.05, 4.69) is 5.32 Å². The van der Waals surface area contributed by atoms with E-state index >= 15 is 0 Å². The Morgan fingerprint density at radius 2 is 2.10 bits per heavy atom. The maximum absolute atomic E-state index is 13.5. The monoisotopic (exact) mass is 331 g/mol. The SMILES string of the molecule is NC(=S)c1cc(S(=O)(=O)N2CCNC(=O)CC2)ccc1F. The van der Waals surface area contributed by atoms with Gasteiger partial charge in [-0.15, -0.1) is 0 Å². The molecule has 6 nitrogen and oxygen atoms in total. The fourth-order valence-corrected chi connectivity index (χ4v) is 3.61. The van der Waals surface area contributed by atoms with Gasteiger partial charge in [-0.2, -0.15) is 4.31 Å². The van der Waals surface area contributed by atoms with E-state index in [4.69, 9.17) is 18.0 Å². The number of hydrogen-bond acceptors (Lipinski definition) is 4. The van der Waals surface area contributed by atoms with E-state index in [1.807, 2.05) is 0 Å². The summed E-state index contributed by atoms with van der Waals surface area (Å²) in [6, 6.07) is 3.29. The van der Waals surface area contributed by atoms with E-state index in [0.29, 0.717) is 0 Å². The summed E-state index contributed by atoms with van der Waals surface area (Å²) in [6.45, 7) is 0.475. The van der Waals surface area contributed by atoms with Crippen LogP contribution in [-0.2, 0) is 14.8 Å². The zero-order valence-corrected chi connectivity index (χ0v) is 12.6. The average molecular weight is 331 g/mol. The Kier molecular flexibility index (Phi) is 4.55. The number of halogens is 1. The van der Waals surface area contributed by atoms with Crippen molar-refractivity contribution in [2.45, 2.75) is 11.3 Å². The lowest BCUT2D eigenvalue weighted by Gasteiger charge is -2.19. The van der Waals surface area contributed by atoms with Crippen molar-refractivity contribution < 1.29 is 17.6 Å². The molecule has 2 rings (SSSR count). The molecule has 1 amide bonds. The zero-order chi connectivity index (χ0) is 15.6. The van der Waals surface area contributed by atoms with Gasteiger partial charge in [-0.25, -0.2) is 12.8 Å². The number of nitrogens with two attached hydrogens (primary N) is 1. The summed E-state index contributed by atoms with van der Waals surface area (Å²) in [6.07, 6.45) is 0.0859. The summed E-state index contributed by atoms with van der Waals surface area (Å²) < 4.78 is 39.7. The lowest BCUT2D eigenvalue weighted by atomic mass is 10.2. The fraction of sp³-hybridized carbons (Fsp3) is 0.333. The first-order chi connectivity index (χ1) is 9.82. The minimum Gasteiger partial charge on any atom is -0.389 e. The second-order valence-electron chi connectivity index (χ2n) is 4.51. The minimum absolute atomic E-state index is 0.0773. The van der Waals surface area contributed by atoms with Crippen LogP contribution in [0.5, 0.6) is 0 Å². The van der Waals surface area contributed by atoms with Crippen LogP contribution in [0.1, 0.15) is 12.0 Å². The number of hydrogen-bond donors (Lipinski definition) is 2. The third-order valence-electron chi connectivity index (χ3n) is 3.11. The lowest BCUT2D eigenvalue weighted by Crippen LogP contribution is -2.34. The molecule has 0 aromatic heterocycles. The number of carbonyl (C=O) groups is 1. The Balaban J connectivity index is 2.37. The smallest absolute Gasteiger partial charge is 0.243 e. The highest BCUT2D eigenvalue weighted by Crippen LogP contribution is 2.20. The van der Waals surface area contributed by atoms with Crippen LogP contribution in [0.4, 0.5) is 4.39 Å². The molecular formula is C12H14FN3O3S2. The zero-order valence-electron chi connectivity index (χ0n) is 11.0. The second kappa shape index (κ2) is 6.04. The normalized spacial score (nSPS) is 17.1. The third-order valence-corrected chi connectivity index (χ3v) is 5.23. The Hall–Kier alpha value is -1.58. The van der Waals surface area contributed by atoms with Gasteiger partial charge in [0.05, 0.1) is 4.90 Å². The summed E-state index contributed by atoms with van der Waals surface area (Å²) in [5.74, 6) is -0.871. The highest BCUT2D eigenvalue weighted by molar-refractivity contribution is 7.89. The maximum Gasteiger partial charge on any atom is 0.243 e. The van der Waals surface area contributed by atoms with Gasteiger partial charge in [0.25, 0.3) is 0 Å². The van der Waals surface area contributed by atoms with E-state index < -0.39 is 15.8 Å². The van der Waals surface area contributed by atoms with Gasteiger partial charge in [0, 0.05) is 31.6 Å². The summed E-state index contributed by atoms with van der Waals surface area (Å²) >= 11 is 4.70. The van der Waals surface area contributed by atoms with Crippen LogP contribution < -0.4 is 11.1 Å². The molecule has 0 aliphatic carbocycles. The van der Waals surface area contributed by atoms with Crippen molar-refractivity contribution in [3.63, 3.8) is 0 Å². The molecule has 0 radical (unpaired) electrons. The number of thiocarbonyl (C=S) groups is 1. The molecular weight excluding hydrogens is 317 g/mol. The van der Waals surface area contributed by atoms with E-state index in [1.165, 1.54) is 4.31 Å². The summed E-state index contributed by atoms with van der Waals surface area (Å²) in [4.78, 5) is 11.0. The third kappa shape index (κ3) is 3.36. The molecule has 0 spiro atoms. The number of nitrogens with one attached hydrogen (secondary N) is 1. The molecule has 1 aliphatic heterocycles. The van der Waals surface area contributed by atoms with Crippen LogP contribution in [0, 0.1) is 5.82 Å². The van der Waals surface area contributed by atoms with Crippen molar-refractivity contribution in [1.82, 2.24) is 9.62 Å². The molecule has 114 valence electrons.